The Hall–Kier alpha value is -1.83. The molecule has 4 heteroatoms. The molecule has 2 aromatic carbocycles. The van der Waals surface area contributed by atoms with E-state index in [1.165, 1.54) is 0 Å². The number of aliphatic hydroxyl groups is 1. The van der Waals surface area contributed by atoms with Crippen LogP contribution in [-0.4, -0.2) is 5.11 Å². The van der Waals surface area contributed by atoms with E-state index in [1.54, 1.807) is 30.3 Å². The van der Waals surface area contributed by atoms with Gasteiger partial charge in [-0.2, -0.15) is 5.26 Å². The Bertz CT molecular complexity index is 592. The maximum Gasteiger partial charge on any atom is 0.166 e. The summed E-state index contributed by atoms with van der Waals surface area (Å²) in [6.07, 6.45) is -1.13. The number of hydrogen-bond acceptors (Lipinski definition) is 3. The van der Waals surface area contributed by atoms with Gasteiger partial charge in [-0.3, -0.25) is 0 Å². The zero-order chi connectivity index (χ0) is 13.0. The predicted octanol–water partition coefficient (Wildman–Crippen LogP) is 3.80. The molecular weight excluding hydrogens is 294 g/mol. The Morgan fingerprint density at radius 1 is 1.17 bits per heavy atom. The average molecular weight is 304 g/mol. The van der Waals surface area contributed by atoms with Crippen molar-refractivity contribution in [1.29, 1.82) is 5.26 Å². The van der Waals surface area contributed by atoms with Crippen molar-refractivity contribution in [3.8, 4) is 17.6 Å². The highest BCUT2D eigenvalue weighted by molar-refractivity contribution is 9.10. The van der Waals surface area contributed by atoms with Gasteiger partial charge in [0.1, 0.15) is 11.5 Å². The Morgan fingerprint density at radius 3 is 2.67 bits per heavy atom. The van der Waals surface area contributed by atoms with E-state index in [4.69, 9.17) is 10.00 Å². The van der Waals surface area contributed by atoms with Crippen LogP contribution in [0.4, 0.5) is 0 Å². The van der Waals surface area contributed by atoms with Crippen LogP contribution < -0.4 is 4.74 Å². The van der Waals surface area contributed by atoms with Gasteiger partial charge < -0.3 is 9.84 Å². The zero-order valence-electron chi connectivity index (χ0n) is 9.38. The lowest BCUT2D eigenvalue weighted by Gasteiger charge is -2.09. The van der Waals surface area contributed by atoms with Crippen molar-refractivity contribution in [3.05, 3.63) is 58.6 Å². The molecule has 3 nitrogen and oxygen atoms in total. The lowest BCUT2D eigenvalue weighted by molar-refractivity contribution is 0.235. The van der Waals surface area contributed by atoms with Crippen LogP contribution in [0, 0.1) is 11.3 Å². The highest BCUT2D eigenvalue weighted by Crippen LogP contribution is 2.30. The summed E-state index contributed by atoms with van der Waals surface area (Å²) in [5, 5.41) is 18.1. The molecule has 0 spiro atoms. The third kappa shape index (κ3) is 2.89. The molecule has 2 aromatic rings. The topological polar surface area (TPSA) is 53.2 Å². The summed E-state index contributed by atoms with van der Waals surface area (Å²) in [5.41, 5.74) is 0.516. The normalized spacial score (nSPS) is 11.6. The quantitative estimate of drug-likeness (QED) is 0.878. The van der Waals surface area contributed by atoms with E-state index in [0.717, 1.165) is 4.47 Å². The van der Waals surface area contributed by atoms with Gasteiger partial charge in [0.25, 0.3) is 0 Å². The smallest absolute Gasteiger partial charge is 0.166 e. The second kappa shape index (κ2) is 5.67. The maximum atomic E-state index is 9.45. The number of aliphatic hydroxyl groups excluding tert-OH is 1. The highest BCUT2D eigenvalue weighted by Gasteiger charge is 2.07. The van der Waals surface area contributed by atoms with Gasteiger partial charge in [0.15, 0.2) is 6.10 Å². The van der Waals surface area contributed by atoms with E-state index in [2.05, 4.69) is 15.9 Å². The summed E-state index contributed by atoms with van der Waals surface area (Å²) in [5.74, 6) is 1.26. The number of benzene rings is 2. The van der Waals surface area contributed by atoms with Crippen molar-refractivity contribution in [2.45, 2.75) is 6.10 Å². The van der Waals surface area contributed by atoms with Gasteiger partial charge >= 0.3 is 0 Å². The molecule has 0 aliphatic carbocycles. The van der Waals surface area contributed by atoms with Crippen molar-refractivity contribution in [3.63, 3.8) is 0 Å². The number of ether oxygens (including phenoxy) is 1. The largest absolute Gasteiger partial charge is 0.456 e. The molecule has 0 heterocycles. The number of halogens is 1. The highest BCUT2D eigenvalue weighted by atomic mass is 79.9. The first-order chi connectivity index (χ1) is 8.70. The maximum absolute atomic E-state index is 9.45. The molecule has 2 rings (SSSR count). The predicted molar refractivity (Wildman–Crippen MR) is 71.2 cm³/mol. The van der Waals surface area contributed by atoms with E-state index in [0.29, 0.717) is 17.1 Å². The third-order valence-corrected chi connectivity index (χ3v) is 3.02. The molecule has 0 amide bonds. The second-order valence-corrected chi connectivity index (χ2v) is 4.49. The fourth-order valence-corrected chi connectivity index (χ4v) is 1.84. The zero-order valence-corrected chi connectivity index (χ0v) is 11.0. The molecule has 0 aliphatic heterocycles. The Kier molecular flexibility index (Phi) is 3.98. The molecule has 0 aliphatic rings. The molecule has 1 N–H and O–H groups in total. The summed E-state index contributed by atoms with van der Waals surface area (Å²) in [7, 11) is 0. The summed E-state index contributed by atoms with van der Waals surface area (Å²) in [6, 6.07) is 16.1. The molecule has 1 atom stereocenters. The van der Waals surface area contributed by atoms with Crippen LogP contribution in [0.2, 0.25) is 0 Å². The first-order valence-electron chi connectivity index (χ1n) is 5.31. The number of rotatable bonds is 3. The lowest BCUT2D eigenvalue weighted by atomic mass is 10.1. The average Bonchev–Trinajstić information content (AvgIpc) is 2.41. The van der Waals surface area contributed by atoms with Gasteiger partial charge in [-0.15, -0.1) is 0 Å². The van der Waals surface area contributed by atoms with Crippen molar-refractivity contribution in [2.75, 3.05) is 0 Å². The first-order valence-corrected chi connectivity index (χ1v) is 6.10. The molecular formula is C14H10BrNO2. The first kappa shape index (κ1) is 12.6. The van der Waals surface area contributed by atoms with E-state index in [1.807, 2.05) is 24.3 Å². The molecule has 0 saturated heterocycles. The minimum Gasteiger partial charge on any atom is -0.456 e. The monoisotopic (exact) mass is 303 g/mol. The summed E-state index contributed by atoms with van der Waals surface area (Å²) in [6.45, 7) is 0. The molecule has 0 fully saturated rings. The number of nitrogens with zero attached hydrogens (tertiary/aromatic N) is 1. The molecule has 0 aromatic heterocycles. The van der Waals surface area contributed by atoms with Gasteiger partial charge in [-0.05, 0) is 45.8 Å². The van der Waals surface area contributed by atoms with Gasteiger partial charge in [-0.1, -0.05) is 24.3 Å². The minimum absolute atomic E-state index is 0.516. The lowest BCUT2D eigenvalue weighted by Crippen LogP contribution is -1.94. The van der Waals surface area contributed by atoms with Crippen LogP contribution in [0.25, 0.3) is 0 Å². The molecule has 1 unspecified atom stereocenters. The van der Waals surface area contributed by atoms with Crippen LogP contribution in [0.15, 0.2) is 53.0 Å². The molecule has 90 valence electrons. The van der Waals surface area contributed by atoms with Gasteiger partial charge in [0, 0.05) is 0 Å². The van der Waals surface area contributed by atoms with Gasteiger partial charge in [0.05, 0.1) is 10.5 Å². The van der Waals surface area contributed by atoms with Crippen molar-refractivity contribution < 1.29 is 9.84 Å². The van der Waals surface area contributed by atoms with Crippen LogP contribution in [0.3, 0.4) is 0 Å². The van der Waals surface area contributed by atoms with E-state index < -0.39 is 6.10 Å². The van der Waals surface area contributed by atoms with E-state index >= 15 is 0 Å². The SMILES string of the molecule is N#CC(O)c1cccc(Oc2ccccc2Br)c1. The Balaban J connectivity index is 2.26. The molecule has 0 bridgehead atoms. The van der Waals surface area contributed by atoms with Crippen LogP contribution in [0.1, 0.15) is 11.7 Å². The standard InChI is InChI=1S/C14H10BrNO2/c15-12-6-1-2-7-14(12)18-11-5-3-4-10(8-11)13(17)9-16/h1-8,13,17H. The van der Waals surface area contributed by atoms with Crippen molar-refractivity contribution >= 4 is 15.9 Å². The van der Waals surface area contributed by atoms with Crippen LogP contribution >= 0.6 is 15.9 Å². The number of nitriles is 1. The van der Waals surface area contributed by atoms with Crippen LogP contribution in [0.5, 0.6) is 11.5 Å². The minimum atomic E-state index is -1.13. The molecule has 18 heavy (non-hydrogen) atoms. The summed E-state index contributed by atoms with van der Waals surface area (Å²) < 4.78 is 6.52. The fraction of sp³-hybridized carbons (Fsp3) is 0.0714. The third-order valence-electron chi connectivity index (χ3n) is 2.36. The number of hydrogen-bond donors (Lipinski definition) is 1. The second-order valence-electron chi connectivity index (χ2n) is 3.64. The fourth-order valence-electron chi connectivity index (χ4n) is 1.48. The molecule has 0 saturated carbocycles. The Morgan fingerprint density at radius 2 is 1.94 bits per heavy atom. The van der Waals surface area contributed by atoms with E-state index in [9.17, 15) is 5.11 Å². The van der Waals surface area contributed by atoms with Crippen molar-refractivity contribution in [2.24, 2.45) is 0 Å². The Labute approximate surface area is 113 Å². The summed E-state index contributed by atoms with van der Waals surface area (Å²) >= 11 is 3.39. The van der Waals surface area contributed by atoms with Crippen molar-refractivity contribution in [1.82, 2.24) is 0 Å². The van der Waals surface area contributed by atoms with Gasteiger partial charge in [0.2, 0.25) is 0 Å². The molecule has 0 radical (unpaired) electrons. The van der Waals surface area contributed by atoms with Gasteiger partial charge in [-0.25, -0.2) is 0 Å². The summed E-state index contributed by atoms with van der Waals surface area (Å²) in [4.78, 5) is 0. The van der Waals surface area contributed by atoms with E-state index in [-0.39, 0.29) is 0 Å². The number of para-hydroxylation sites is 1. The van der Waals surface area contributed by atoms with Crippen LogP contribution in [-0.2, 0) is 0 Å².